The Labute approximate surface area is 220 Å². The number of ether oxygens (including phenoxy) is 1. The molecule has 1 atom stereocenters. The van der Waals surface area contributed by atoms with Gasteiger partial charge in [0, 0.05) is 42.5 Å². The zero-order chi connectivity index (χ0) is 24.9. The summed E-state index contributed by atoms with van der Waals surface area (Å²) < 4.78 is 10.9. The second-order valence-corrected chi connectivity index (χ2v) is 10.0. The van der Waals surface area contributed by atoms with Crippen LogP contribution in [0.25, 0.3) is 11.4 Å². The molecule has 0 aliphatic carbocycles. The fourth-order valence-corrected chi connectivity index (χ4v) is 5.18. The summed E-state index contributed by atoms with van der Waals surface area (Å²) in [5.41, 5.74) is 2.95. The van der Waals surface area contributed by atoms with Crippen molar-refractivity contribution in [2.24, 2.45) is 5.92 Å². The van der Waals surface area contributed by atoms with Gasteiger partial charge in [0.25, 0.3) is 0 Å². The molecule has 2 aliphatic heterocycles. The third-order valence-corrected chi connectivity index (χ3v) is 7.20. The van der Waals surface area contributed by atoms with Crippen LogP contribution in [0.15, 0.2) is 47.0 Å². The number of halogens is 2. The van der Waals surface area contributed by atoms with Crippen molar-refractivity contribution in [1.29, 1.82) is 0 Å². The number of nitrogens with zero attached hydrogens (tertiary/aromatic N) is 4. The highest BCUT2D eigenvalue weighted by Crippen LogP contribution is 2.29. The fraction of sp³-hybridized carbons (Fsp3) is 0.423. The lowest BCUT2D eigenvalue weighted by molar-refractivity contribution is -0.127. The molecule has 10 heteroatoms. The largest absolute Gasteiger partial charge is 0.378 e. The van der Waals surface area contributed by atoms with Gasteiger partial charge in [-0.3, -0.25) is 9.69 Å². The van der Waals surface area contributed by atoms with Crippen molar-refractivity contribution < 1.29 is 14.1 Å². The highest BCUT2D eigenvalue weighted by molar-refractivity contribution is 6.36. The Morgan fingerprint density at radius 3 is 2.67 bits per heavy atom. The van der Waals surface area contributed by atoms with Crippen molar-refractivity contribution in [2.45, 2.75) is 25.9 Å². The summed E-state index contributed by atoms with van der Waals surface area (Å²) in [6, 6.07) is 13.6. The van der Waals surface area contributed by atoms with Gasteiger partial charge < -0.3 is 19.5 Å². The normalized spacial score (nSPS) is 18.8. The average molecular weight is 530 g/mol. The highest BCUT2D eigenvalue weighted by atomic mass is 35.5. The van der Waals surface area contributed by atoms with Crippen molar-refractivity contribution in [2.75, 3.05) is 44.3 Å². The number of nitrogens with one attached hydrogen (secondary N) is 1. The first-order valence-corrected chi connectivity index (χ1v) is 13.0. The van der Waals surface area contributed by atoms with Crippen LogP contribution in [-0.2, 0) is 22.6 Å². The summed E-state index contributed by atoms with van der Waals surface area (Å²) >= 11 is 12.2. The van der Waals surface area contributed by atoms with Crippen LogP contribution in [0.5, 0.6) is 0 Å². The third-order valence-electron chi connectivity index (χ3n) is 6.65. The molecule has 1 unspecified atom stereocenters. The first-order chi connectivity index (χ1) is 17.5. The Bertz CT molecular complexity index is 1180. The van der Waals surface area contributed by atoms with Crippen molar-refractivity contribution in [3.8, 4) is 11.4 Å². The van der Waals surface area contributed by atoms with Crippen LogP contribution in [0.3, 0.4) is 0 Å². The SMILES string of the molecule is O=C(NCc1ccc(N2CCOCC2)cc1)C1CCCN(Cc2nc(-c3ccc(Cl)cc3Cl)no2)C1. The van der Waals surface area contributed by atoms with Gasteiger partial charge in [0.1, 0.15) is 0 Å². The number of benzene rings is 2. The van der Waals surface area contributed by atoms with Gasteiger partial charge in [-0.1, -0.05) is 40.5 Å². The van der Waals surface area contributed by atoms with E-state index in [1.807, 2.05) is 0 Å². The lowest BCUT2D eigenvalue weighted by Crippen LogP contribution is -2.42. The maximum Gasteiger partial charge on any atom is 0.241 e. The van der Waals surface area contributed by atoms with E-state index in [4.69, 9.17) is 32.5 Å². The molecule has 2 fully saturated rings. The van der Waals surface area contributed by atoms with E-state index in [9.17, 15) is 4.79 Å². The molecule has 0 saturated carbocycles. The number of carbonyl (C=O) groups is 1. The summed E-state index contributed by atoms with van der Waals surface area (Å²) in [6.07, 6.45) is 1.81. The number of hydrogen-bond acceptors (Lipinski definition) is 7. The molecule has 0 spiro atoms. The Hall–Kier alpha value is -2.65. The van der Waals surface area contributed by atoms with Gasteiger partial charge in [-0.2, -0.15) is 4.98 Å². The van der Waals surface area contributed by atoms with E-state index in [0.29, 0.717) is 47.0 Å². The summed E-state index contributed by atoms with van der Waals surface area (Å²) in [6.45, 7) is 5.90. The van der Waals surface area contributed by atoms with Gasteiger partial charge in [0.05, 0.1) is 30.7 Å². The van der Waals surface area contributed by atoms with Gasteiger partial charge in [-0.05, 0) is 55.3 Å². The van der Waals surface area contributed by atoms with Crippen LogP contribution in [0, 0.1) is 5.92 Å². The molecule has 36 heavy (non-hydrogen) atoms. The molecule has 0 bridgehead atoms. The molecule has 0 radical (unpaired) electrons. The van der Waals surface area contributed by atoms with Crippen molar-refractivity contribution in [3.63, 3.8) is 0 Å². The summed E-state index contributed by atoms with van der Waals surface area (Å²) in [4.78, 5) is 21.9. The van der Waals surface area contributed by atoms with Crippen molar-refractivity contribution in [1.82, 2.24) is 20.4 Å². The van der Waals surface area contributed by atoms with Gasteiger partial charge in [-0.15, -0.1) is 0 Å². The number of morpholine rings is 1. The monoisotopic (exact) mass is 529 g/mol. The van der Waals surface area contributed by atoms with E-state index in [1.165, 1.54) is 5.69 Å². The molecular formula is C26H29Cl2N5O3. The number of anilines is 1. The predicted molar refractivity (Wildman–Crippen MR) is 139 cm³/mol. The minimum absolute atomic E-state index is 0.0699. The lowest BCUT2D eigenvalue weighted by atomic mass is 9.97. The fourth-order valence-electron chi connectivity index (χ4n) is 4.68. The number of hydrogen-bond donors (Lipinski definition) is 1. The lowest BCUT2D eigenvalue weighted by Gasteiger charge is -2.31. The van der Waals surface area contributed by atoms with Crippen LogP contribution in [-0.4, -0.2) is 60.3 Å². The molecule has 8 nitrogen and oxygen atoms in total. The number of carbonyl (C=O) groups excluding carboxylic acids is 1. The number of likely N-dealkylation sites (tertiary alicyclic amines) is 1. The van der Waals surface area contributed by atoms with Crippen LogP contribution >= 0.6 is 23.2 Å². The first-order valence-electron chi connectivity index (χ1n) is 12.2. The molecule has 2 saturated heterocycles. The Morgan fingerprint density at radius 1 is 1.08 bits per heavy atom. The molecule has 1 aromatic heterocycles. The molecule has 1 amide bonds. The van der Waals surface area contributed by atoms with Gasteiger partial charge in [0.2, 0.25) is 17.6 Å². The van der Waals surface area contributed by atoms with Gasteiger partial charge >= 0.3 is 0 Å². The van der Waals surface area contributed by atoms with E-state index in [1.54, 1.807) is 18.2 Å². The predicted octanol–water partition coefficient (Wildman–Crippen LogP) is 4.41. The molecule has 2 aromatic carbocycles. The van der Waals surface area contributed by atoms with Gasteiger partial charge in [-0.25, -0.2) is 0 Å². The Kier molecular flexibility index (Phi) is 8.06. The maximum absolute atomic E-state index is 12.9. The Balaban J connectivity index is 1.12. The number of amides is 1. The maximum atomic E-state index is 12.9. The van der Waals surface area contributed by atoms with E-state index < -0.39 is 0 Å². The Morgan fingerprint density at radius 2 is 1.89 bits per heavy atom. The smallest absolute Gasteiger partial charge is 0.241 e. The second-order valence-electron chi connectivity index (χ2n) is 9.19. The highest BCUT2D eigenvalue weighted by Gasteiger charge is 2.27. The van der Waals surface area contributed by atoms with E-state index in [2.05, 4.69) is 49.5 Å². The van der Waals surface area contributed by atoms with E-state index in [0.717, 1.165) is 51.3 Å². The third kappa shape index (κ3) is 6.18. The molecule has 3 aromatic rings. The average Bonchev–Trinajstić information content (AvgIpc) is 3.36. The zero-order valence-corrected chi connectivity index (χ0v) is 21.5. The second kappa shape index (κ2) is 11.6. The quantitative estimate of drug-likeness (QED) is 0.485. The minimum Gasteiger partial charge on any atom is -0.378 e. The van der Waals surface area contributed by atoms with Crippen molar-refractivity contribution in [3.05, 3.63) is 64.0 Å². The summed E-state index contributed by atoms with van der Waals surface area (Å²) in [5, 5.41) is 8.20. The first kappa shape index (κ1) is 25.0. The van der Waals surface area contributed by atoms with Crippen LogP contribution in [0.4, 0.5) is 5.69 Å². The zero-order valence-electron chi connectivity index (χ0n) is 20.0. The summed E-state index contributed by atoms with van der Waals surface area (Å²) in [7, 11) is 0. The van der Waals surface area contributed by atoms with Crippen molar-refractivity contribution >= 4 is 34.8 Å². The molecule has 190 valence electrons. The molecule has 3 heterocycles. The number of rotatable bonds is 7. The number of piperidine rings is 1. The molecule has 5 rings (SSSR count). The number of aromatic nitrogens is 2. The van der Waals surface area contributed by atoms with E-state index in [-0.39, 0.29) is 11.8 Å². The van der Waals surface area contributed by atoms with Crippen LogP contribution in [0.1, 0.15) is 24.3 Å². The minimum atomic E-state index is -0.0699. The molecule has 1 N–H and O–H groups in total. The van der Waals surface area contributed by atoms with Crippen LogP contribution in [0.2, 0.25) is 10.0 Å². The van der Waals surface area contributed by atoms with Gasteiger partial charge in [0.15, 0.2) is 0 Å². The topological polar surface area (TPSA) is 83.7 Å². The summed E-state index contributed by atoms with van der Waals surface area (Å²) in [5.74, 6) is 0.936. The standard InChI is InChI=1S/C26H29Cl2N5O3/c27-20-5-8-22(23(28)14-20)25-30-24(36-31-25)17-32-9-1-2-19(16-32)26(34)29-15-18-3-6-21(7-4-18)33-10-12-35-13-11-33/h3-8,14,19H,1-2,9-13,15-17H2,(H,29,34). The van der Waals surface area contributed by atoms with E-state index >= 15 is 0 Å². The molecule has 2 aliphatic rings. The molecular weight excluding hydrogens is 501 g/mol. The van der Waals surface area contributed by atoms with Crippen LogP contribution < -0.4 is 10.2 Å².